The van der Waals surface area contributed by atoms with Crippen molar-refractivity contribution in [2.24, 2.45) is 0 Å². The third kappa shape index (κ3) is 9.20. The van der Waals surface area contributed by atoms with Gasteiger partial charge < -0.3 is 28.4 Å². The Morgan fingerprint density at radius 2 is 1.32 bits per heavy atom. The molecule has 176 valence electrons. The Kier molecular flexibility index (Phi) is 10.7. The van der Waals surface area contributed by atoms with Gasteiger partial charge in [0.25, 0.3) is 0 Å². The molecule has 5 atom stereocenters. The summed E-state index contributed by atoms with van der Waals surface area (Å²) in [5.74, 6) is -2.92. The van der Waals surface area contributed by atoms with E-state index in [1.54, 1.807) is 0 Å². The highest BCUT2D eigenvalue weighted by Gasteiger charge is 2.52. The normalized spacial score (nSPS) is 25.0. The Morgan fingerprint density at radius 3 is 1.84 bits per heavy atom. The molecule has 0 aromatic heterocycles. The molecule has 12 nitrogen and oxygen atoms in total. The van der Waals surface area contributed by atoms with Crippen LogP contribution in [0.15, 0.2) is 0 Å². The number of hydrogen-bond donors (Lipinski definition) is 1. The van der Waals surface area contributed by atoms with Gasteiger partial charge in [0.1, 0.15) is 12.7 Å². The summed E-state index contributed by atoms with van der Waals surface area (Å²) >= 11 is 0. The first-order valence-electron chi connectivity index (χ1n) is 9.78. The van der Waals surface area contributed by atoms with E-state index in [1.807, 2.05) is 6.92 Å². The zero-order chi connectivity index (χ0) is 23.6. The van der Waals surface area contributed by atoms with Gasteiger partial charge in [-0.25, -0.2) is 4.79 Å². The van der Waals surface area contributed by atoms with E-state index < -0.39 is 60.6 Å². The molecule has 1 fully saturated rings. The van der Waals surface area contributed by atoms with Crippen molar-refractivity contribution in [2.75, 3.05) is 13.2 Å². The SMILES string of the molecule is CCCCOC(=O)N[C@@H]1O[C@@H](COC(C)=O)[C@@H](OC(C)=O)[C@@H](OC(C)=O)[C@H]1OC(C)=O. The molecule has 1 N–H and O–H groups in total. The lowest BCUT2D eigenvalue weighted by molar-refractivity contribution is -0.256. The summed E-state index contributed by atoms with van der Waals surface area (Å²) in [6, 6.07) is 0. The molecule has 0 aromatic rings. The number of nitrogens with one attached hydrogen (secondary N) is 1. The van der Waals surface area contributed by atoms with Crippen molar-refractivity contribution >= 4 is 30.0 Å². The van der Waals surface area contributed by atoms with Crippen LogP contribution in [0.3, 0.4) is 0 Å². The molecule has 1 rings (SSSR count). The van der Waals surface area contributed by atoms with Crippen LogP contribution in [-0.4, -0.2) is 73.8 Å². The lowest BCUT2D eigenvalue weighted by atomic mass is 9.97. The predicted molar refractivity (Wildman–Crippen MR) is 101 cm³/mol. The standard InChI is InChI=1S/C19H29NO11/c1-6-7-8-26-19(25)20-18-17(30-13(5)24)16(29-12(4)23)15(28-11(3)22)14(31-18)9-27-10(2)21/h14-18H,6-9H2,1-5H3,(H,20,25)/t14-,15+,16+,17+,18+/m0/s1. The largest absolute Gasteiger partial charge is 0.463 e. The van der Waals surface area contributed by atoms with E-state index in [9.17, 15) is 24.0 Å². The fourth-order valence-corrected chi connectivity index (χ4v) is 2.81. The Balaban J connectivity index is 3.23. The van der Waals surface area contributed by atoms with Gasteiger partial charge in [-0.15, -0.1) is 0 Å². The number of ether oxygens (including phenoxy) is 6. The van der Waals surface area contributed by atoms with Crippen LogP contribution >= 0.6 is 0 Å². The minimum absolute atomic E-state index is 0.146. The molecule has 0 aliphatic carbocycles. The van der Waals surface area contributed by atoms with E-state index in [0.29, 0.717) is 6.42 Å². The van der Waals surface area contributed by atoms with Crippen LogP contribution in [0.2, 0.25) is 0 Å². The van der Waals surface area contributed by atoms with Gasteiger partial charge in [-0.05, 0) is 6.42 Å². The second kappa shape index (κ2) is 12.7. The second-order valence-electron chi connectivity index (χ2n) is 6.75. The highest BCUT2D eigenvalue weighted by molar-refractivity contribution is 5.70. The van der Waals surface area contributed by atoms with Crippen LogP contribution < -0.4 is 5.32 Å². The molecule has 0 bridgehead atoms. The van der Waals surface area contributed by atoms with Crippen molar-refractivity contribution < 1.29 is 52.4 Å². The molecule has 12 heteroatoms. The summed E-state index contributed by atoms with van der Waals surface area (Å²) in [6.07, 6.45) is -5.97. The minimum Gasteiger partial charge on any atom is -0.463 e. The molecule has 0 aromatic carbocycles. The van der Waals surface area contributed by atoms with Gasteiger partial charge in [0.05, 0.1) is 6.61 Å². The number of amides is 1. The van der Waals surface area contributed by atoms with Crippen LogP contribution in [0, 0.1) is 0 Å². The fourth-order valence-electron chi connectivity index (χ4n) is 2.81. The van der Waals surface area contributed by atoms with Gasteiger partial charge >= 0.3 is 30.0 Å². The maximum absolute atomic E-state index is 12.1. The first-order chi connectivity index (χ1) is 14.5. The third-order valence-corrected chi connectivity index (χ3v) is 3.98. The highest BCUT2D eigenvalue weighted by atomic mass is 16.7. The van der Waals surface area contributed by atoms with Crippen LogP contribution in [0.5, 0.6) is 0 Å². The average Bonchev–Trinajstić information content (AvgIpc) is 2.64. The van der Waals surface area contributed by atoms with Crippen molar-refractivity contribution in [3.63, 3.8) is 0 Å². The van der Waals surface area contributed by atoms with Gasteiger partial charge in [0, 0.05) is 27.7 Å². The molecule has 0 radical (unpaired) electrons. The van der Waals surface area contributed by atoms with E-state index in [-0.39, 0.29) is 13.2 Å². The number of alkyl carbamates (subject to hydrolysis) is 1. The number of hydrogen-bond acceptors (Lipinski definition) is 11. The van der Waals surface area contributed by atoms with Crippen molar-refractivity contribution in [2.45, 2.75) is 78.1 Å². The Labute approximate surface area is 179 Å². The summed E-state index contributed by atoms with van der Waals surface area (Å²) < 4.78 is 31.4. The van der Waals surface area contributed by atoms with Crippen LogP contribution in [0.25, 0.3) is 0 Å². The maximum Gasteiger partial charge on any atom is 0.409 e. The van der Waals surface area contributed by atoms with Gasteiger partial charge in [0.2, 0.25) is 0 Å². The molecular formula is C19H29NO11. The van der Waals surface area contributed by atoms with Crippen LogP contribution in [0.4, 0.5) is 4.79 Å². The first-order valence-corrected chi connectivity index (χ1v) is 9.78. The third-order valence-electron chi connectivity index (χ3n) is 3.98. The summed E-state index contributed by atoms with van der Waals surface area (Å²) in [7, 11) is 0. The number of unbranched alkanes of at least 4 members (excludes halogenated alkanes) is 1. The Morgan fingerprint density at radius 1 is 0.774 bits per heavy atom. The van der Waals surface area contributed by atoms with Crippen LogP contribution in [-0.2, 0) is 47.6 Å². The average molecular weight is 447 g/mol. The quantitative estimate of drug-likeness (QED) is 0.300. The van der Waals surface area contributed by atoms with Crippen molar-refractivity contribution in [1.29, 1.82) is 0 Å². The maximum atomic E-state index is 12.1. The van der Waals surface area contributed by atoms with Crippen LogP contribution in [0.1, 0.15) is 47.5 Å². The molecular weight excluding hydrogens is 418 g/mol. The number of carbonyl (C=O) groups excluding carboxylic acids is 5. The Hall–Kier alpha value is -2.89. The van der Waals surface area contributed by atoms with Gasteiger partial charge in [0.15, 0.2) is 24.5 Å². The second-order valence-corrected chi connectivity index (χ2v) is 6.75. The summed E-state index contributed by atoms with van der Waals surface area (Å²) in [5.41, 5.74) is 0. The first kappa shape index (κ1) is 26.1. The van der Waals surface area contributed by atoms with Gasteiger partial charge in [-0.3, -0.25) is 24.5 Å². The molecule has 0 spiro atoms. The monoisotopic (exact) mass is 447 g/mol. The number of carbonyl (C=O) groups is 5. The molecule has 0 unspecified atom stereocenters. The van der Waals surface area contributed by atoms with E-state index in [1.165, 1.54) is 0 Å². The lowest BCUT2D eigenvalue weighted by Gasteiger charge is -2.44. The molecule has 0 saturated carbocycles. The van der Waals surface area contributed by atoms with E-state index in [0.717, 1.165) is 34.1 Å². The molecule has 1 amide bonds. The fraction of sp³-hybridized carbons (Fsp3) is 0.737. The molecule has 1 aliphatic heterocycles. The molecule has 1 aliphatic rings. The van der Waals surface area contributed by atoms with E-state index >= 15 is 0 Å². The number of esters is 4. The summed E-state index contributed by atoms with van der Waals surface area (Å²) in [4.78, 5) is 58.4. The van der Waals surface area contributed by atoms with Crippen molar-refractivity contribution in [3.8, 4) is 0 Å². The summed E-state index contributed by atoms with van der Waals surface area (Å²) in [6.45, 7) is 6.16. The van der Waals surface area contributed by atoms with E-state index in [4.69, 9.17) is 28.4 Å². The molecule has 1 heterocycles. The molecule has 31 heavy (non-hydrogen) atoms. The molecule has 1 saturated heterocycles. The number of rotatable bonds is 9. The van der Waals surface area contributed by atoms with Gasteiger partial charge in [-0.1, -0.05) is 13.3 Å². The zero-order valence-electron chi connectivity index (χ0n) is 18.2. The van der Waals surface area contributed by atoms with E-state index in [2.05, 4.69) is 5.32 Å². The van der Waals surface area contributed by atoms with Gasteiger partial charge in [-0.2, -0.15) is 0 Å². The Bertz CT molecular complexity index is 665. The zero-order valence-corrected chi connectivity index (χ0v) is 18.2. The predicted octanol–water partition coefficient (Wildman–Crippen LogP) is 0.596. The smallest absolute Gasteiger partial charge is 0.409 e. The van der Waals surface area contributed by atoms with Crippen molar-refractivity contribution in [3.05, 3.63) is 0 Å². The topological polar surface area (TPSA) is 153 Å². The van der Waals surface area contributed by atoms with Crippen molar-refractivity contribution in [1.82, 2.24) is 5.32 Å². The highest BCUT2D eigenvalue weighted by Crippen LogP contribution is 2.28. The lowest BCUT2D eigenvalue weighted by Crippen LogP contribution is -2.66. The minimum atomic E-state index is -1.38. The summed E-state index contributed by atoms with van der Waals surface area (Å²) in [5, 5.41) is 2.40.